The Balaban J connectivity index is 2.70. The van der Waals surface area contributed by atoms with Crippen LogP contribution in [0.4, 0.5) is 0 Å². The van der Waals surface area contributed by atoms with Gasteiger partial charge in [-0.15, -0.1) is 0 Å². The van der Waals surface area contributed by atoms with Crippen LogP contribution in [0.15, 0.2) is 22.4 Å². The average molecular weight is 203 g/mol. The molecule has 0 saturated carbocycles. The summed E-state index contributed by atoms with van der Waals surface area (Å²) in [6, 6.07) is 0. The van der Waals surface area contributed by atoms with Crippen molar-refractivity contribution in [1.82, 2.24) is 0 Å². The summed E-state index contributed by atoms with van der Waals surface area (Å²) in [6.07, 6.45) is 5.22. The molecule has 1 unspecified atom stereocenters. The van der Waals surface area contributed by atoms with Crippen LogP contribution in [-0.4, -0.2) is 7.11 Å². The van der Waals surface area contributed by atoms with Crippen molar-refractivity contribution in [3.05, 3.63) is 22.4 Å². The van der Waals surface area contributed by atoms with Crippen molar-refractivity contribution in [2.45, 2.75) is 13.3 Å². The van der Waals surface area contributed by atoms with Crippen molar-refractivity contribution < 1.29 is 4.74 Å². The van der Waals surface area contributed by atoms with Gasteiger partial charge in [-0.3, -0.25) is 0 Å². The fraction of sp³-hybridized carbons (Fsp3) is 0.500. The number of halogens is 1. The van der Waals surface area contributed by atoms with Gasteiger partial charge in [0.25, 0.3) is 0 Å². The van der Waals surface area contributed by atoms with Gasteiger partial charge in [0.1, 0.15) is 0 Å². The molecule has 1 atom stereocenters. The standard InChI is InChI=1S/C8H11BrO/c1-6-3-7(9)5-8(4-6)10-2/h3,5-6H,4H2,1-2H3. The number of rotatable bonds is 1. The molecule has 1 nitrogen and oxygen atoms in total. The molecule has 0 N–H and O–H groups in total. The van der Waals surface area contributed by atoms with E-state index in [-0.39, 0.29) is 0 Å². The van der Waals surface area contributed by atoms with Crippen LogP contribution in [0.25, 0.3) is 0 Å². The minimum absolute atomic E-state index is 0.592. The van der Waals surface area contributed by atoms with Crippen LogP contribution in [0.1, 0.15) is 13.3 Å². The van der Waals surface area contributed by atoms with Crippen LogP contribution in [0, 0.1) is 5.92 Å². The molecule has 1 rings (SSSR count). The molecule has 56 valence electrons. The van der Waals surface area contributed by atoms with Gasteiger partial charge in [-0.1, -0.05) is 28.9 Å². The molecule has 0 amide bonds. The highest BCUT2D eigenvalue weighted by atomic mass is 79.9. The van der Waals surface area contributed by atoms with E-state index in [2.05, 4.69) is 28.9 Å². The molecule has 0 bridgehead atoms. The van der Waals surface area contributed by atoms with Gasteiger partial charge in [0.2, 0.25) is 0 Å². The third-order valence-electron chi connectivity index (χ3n) is 1.53. The Morgan fingerprint density at radius 2 is 2.40 bits per heavy atom. The summed E-state index contributed by atoms with van der Waals surface area (Å²) in [4.78, 5) is 0. The molecule has 0 aliphatic heterocycles. The monoisotopic (exact) mass is 202 g/mol. The largest absolute Gasteiger partial charge is 0.501 e. The maximum atomic E-state index is 5.12. The maximum Gasteiger partial charge on any atom is 0.0972 e. The van der Waals surface area contributed by atoms with Gasteiger partial charge in [0, 0.05) is 10.9 Å². The molecule has 0 aromatic rings. The van der Waals surface area contributed by atoms with Crippen molar-refractivity contribution >= 4 is 15.9 Å². The Hall–Kier alpha value is -0.240. The van der Waals surface area contributed by atoms with Gasteiger partial charge in [0.05, 0.1) is 12.9 Å². The van der Waals surface area contributed by atoms with E-state index in [1.165, 1.54) is 0 Å². The van der Waals surface area contributed by atoms with Gasteiger partial charge >= 0.3 is 0 Å². The fourth-order valence-electron chi connectivity index (χ4n) is 1.05. The molecule has 1 aliphatic rings. The van der Waals surface area contributed by atoms with E-state index in [1.54, 1.807) is 7.11 Å². The molecule has 0 aromatic carbocycles. The van der Waals surface area contributed by atoms with E-state index in [1.807, 2.05) is 6.08 Å². The van der Waals surface area contributed by atoms with Crippen LogP contribution in [0.3, 0.4) is 0 Å². The molecule has 1 aliphatic carbocycles. The number of hydrogen-bond donors (Lipinski definition) is 0. The van der Waals surface area contributed by atoms with Crippen molar-refractivity contribution in [2.75, 3.05) is 7.11 Å². The predicted octanol–water partition coefficient (Wildman–Crippen LogP) is 2.84. The predicted molar refractivity (Wildman–Crippen MR) is 45.9 cm³/mol. The molecule has 0 saturated heterocycles. The maximum absolute atomic E-state index is 5.12. The van der Waals surface area contributed by atoms with Crippen molar-refractivity contribution in [3.8, 4) is 0 Å². The summed E-state index contributed by atoms with van der Waals surface area (Å²) in [5.41, 5.74) is 0. The third kappa shape index (κ3) is 1.87. The minimum Gasteiger partial charge on any atom is -0.501 e. The molecule has 10 heavy (non-hydrogen) atoms. The number of ether oxygens (including phenoxy) is 1. The second kappa shape index (κ2) is 3.24. The Bertz CT molecular complexity index is 182. The number of hydrogen-bond acceptors (Lipinski definition) is 1. The summed E-state index contributed by atoms with van der Waals surface area (Å²) in [5.74, 6) is 1.65. The summed E-state index contributed by atoms with van der Waals surface area (Å²) in [6.45, 7) is 2.17. The van der Waals surface area contributed by atoms with Gasteiger partial charge in [-0.05, 0) is 12.0 Å². The van der Waals surface area contributed by atoms with E-state index in [4.69, 9.17) is 4.74 Å². The minimum atomic E-state index is 0.592. The van der Waals surface area contributed by atoms with Gasteiger partial charge < -0.3 is 4.74 Å². The molecule has 0 spiro atoms. The van der Waals surface area contributed by atoms with Crippen LogP contribution < -0.4 is 0 Å². The molecule has 0 fully saturated rings. The Morgan fingerprint density at radius 1 is 1.70 bits per heavy atom. The second-order valence-corrected chi connectivity index (χ2v) is 3.46. The van der Waals surface area contributed by atoms with Crippen LogP contribution in [-0.2, 0) is 4.74 Å². The highest BCUT2D eigenvalue weighted by Gasteiger charge is 2.09. The zero-order chi connectivity index (χ0) is 7.56. The van der Waals surface area contributed by atoms with Crippen molar-refractivity contribution in [1.29, 1.82) is 0 Å². The topological polar surface area (TPSA) is 9.23 Å². The van der Waals surface area contributed by atoms with E-state index < -0.39 is 0 Å². The van der Waals surface area contributed by atoms with Crippen molar-refractivity contribution in [3.63, 3.8) is 0 Å². The zero-order valence-electron chi connectivity index (χ0n) is 6.23. The van der Waals surface area contributed by atoms with E-state index >= 15 is 0 Å². The quantitative estimate of drug-likeness (QED) is 0.636. The average Bonchev–Trinajstić information content (AvgIpc) is 1.85. The fourth-order valence-corrected chi connectivity index (χ4v) is 1.76. The third-order valence-corrected chi connectivity index (χ3v) is 2.02. The van der Waals surface area contributed by atoms with Gasteiger partial charge in [0.15, 0.2) is 0 Å². The summed E-state index contributed by atoms with van der Waals surface area (Å²) >= 11 is 3.41. The first-order valence-electron chi connectivity index (χ1n) is 3.34. The van der Waals surface area contributed by atoms with Crippen LogP contribution >= 0.6 is 15.9 Å². The lowest BCUT2D eigenvalue weighted by molar-refractivity contribution is 0.267. The summed E-state index contributed by atoms with van der Waals surface area (Å²) in [5, 5.41) is 0. The van der Waals surface area contributed by atoms with Crippen molar-refractivity contribution in [2.24, 2.45) is 5.92 Å². The second-order valence-electron chi connectivity index (χ2n) is 2.55. The molecule has 0 radical (unpaired) electrons. The highest BCUT2D eigenvalue weighted by molar-refractivity contribution is 9.11. The van der Waals surface area contributed by atoms with Gasteiger partial charge in [-0.25, -0.2) is 0 Å². The number of methoxy groups -OCH3 is 1. The van der Waals surface area contributed by atoms with Crippen LogP contribution in [0.2, 0.25) is 0 Å². The molecule has 0 aromatic heterocycles. The normalized spacial score (nSPS) is 25.3. The van der Waals surface area contributed by atoms with E-state index in [0.717, 1.165) is 16.7 Å². The summed E-state index contributed by atoms with van der Waals surface area (Å²) < 4.78 is 6.25. The first kappa shape index (κ1) is 7.86. The van der Waals surface area contributed by atoms with E-state index in [9.17, 15) is 0 Å². The SMILES string of the molecule is COC1=CC(Br)=CC(C)C1. The zero-order valence-corrected chi connectivity index (χ0v) is 7.81. The molecule has 0 heterocycles. The summed E-state index contributed by atoms with van der Waals surface area (Å²) in [7, 11) is 1.71. The molecular formula is C8H11BrO. The smallest absolute Gasteiger partial charge is 0.0972 e. The first-order chi connectivity index (χ1) is 4.72. The van der Waals surface area contributed by atoms with E-state index in [0.29, 0.717) is 5.92 Å². The Morgan fingerprint density at radius 3 is 2.90 bits per heavy atom. The lowest BCUT2D eigenvalue weighted by Gasteiger charge is -2.14. The Labute approximate surface area is 69.9 Å². The molecular weight excluding hydrogens is 192 g/mol. The molecule has 2 heteroatoms. The lowest BCUT2D eigenvalue weighted by atomic mass is 10.0. The van der Waals surface area contributed by atoms with Gasteiger partial charge in [-0.2, -0.15) is 0 Å². The number of allylic oxidation sites excluding steroid dienone is 4. The lowest BCUT2D eigenvalue weighted by Crippen LogP contribution is -2.00. The highest BCUT2D eigenvalue weighted by Crippen LogP contribution is 2.25. The van der Waals surface area contributed by atoms with Crippen LogP contribution in [0.5, 0.6) is 0 Å². The Kier molecular flexibility index (Phi) is 2.55. The first-order valence-corrected chi connectivity index (χ1v) is 4.13.